The maximum absolute atomic E-state index is 11.8. The number of nitrogens with one attached hydrogen (secondary N) is 1. The lowest BCUT2D eigenvalue weighted by Gasteiger charge is -2.26. The predicted octanol–water partition coefficient (Wildman–Crippen LogP) is 0.547. The molecule has 0 aromatic carbocycles. The lowest BCUT2D eigenvalue weighted by atomic mass is 10.1. The van der Waals surface area contributed by atoms with Crippen LogP contribution in [0.2, 0.25) is 0 Å². The highest BCUT2D eigenvalue weighted by atomic mass is 16.2. The van der Waals surface area contributed by atoms with Crippen LogP contribution in [0.4, 0.5) is 5.82 Å². The minimum Gasteiger partial charge on any atom is -0.323 e. The highest BCUT2D eigenvalue weighted by Gasteiger charge is 2.61. The Morgan fingerprint density at radius 3 is 3.12 bits per heavy atom. The zero-order valence-electron chi connectivity index (χ0n) is 8.60. The van der Waals surface area contributed by atoms with Crippen LogP contribution in [0.25, 0.3) is 0 Å². The Hall–Kier alpha value is -1.91. The first-order chi connectivity index (χ1) is 7.79. The van der Waals surface area contributed by atoms with Gasteiger partial charge in [0.05, 0.1) is 6.54 Å². The Bertz CT molecular complexity index is 533. The van der Waals surface area contributed by atoms with E-state index in [2.05, 4.69) is 20.2 Å². The molecule has 1 spiro atoms. The van der Waals surface area contributed by atoms with Crippen molar-refractivity contribution in [2.75, 3.05) is 0 Å². The number of carbonyl (C=O) groups excluding carboxylic acids is 1. The monoisotopic (exact) mass is 214 g/mol. The van der Waals surface area contributed by atoms with Gasteiger partial charge in [-0.2, -0.15) is 4.99 Å². The Labute approximate surface area is 92.2 Å². The predicted molar refractivity (Wildman–Crippen MR) is 57.0 cm³/mol. The van der Waals surface area contributed by atoms with E-state index in [0.29, 0.717) is 5.96 Å². The molecule has 1 aromatic heterocycles. The number of aromatic nitrogens is 1. The number of hydrogen-bond acceptors (Lipinski definition) is 4. The van der Waals surface area contributed by atoms with Crippen molar-refractivity contribution in [1.82, 2.24) is 15.2 Å². The summed E-state index contributed by atoms with van der Waals surface area (Å²) in [6.45, 7) is 0.737. The highest BCUT2D eigenvalue weighted by molar-refractivity contribution is 6.11. The van der Waals surface area contributed by atoms with Crippen molar-refractivity contribution in [3.63, 3.8) is 0 Å². The molecule has 4 rings (SSSR count). The summed E-state index contributed by atoms with van der Waals surface area (Å²) in [7, 11) is 0. The Kier molecular flexibility index (Phi) is 1.25. The zero-order chi connectivity index (χ0) is 10.8. The van der Waals surface area contributed by atoms with Gasteiger partial charge in [-0.25, -0.2) is 4.98 Å². The van der Waals surface area contributed by atoms with Gasteiger partial charge in [0.1, 0.15) is 5.54 Å². The molecular weight excluding hydrogens is 204 g/mol. The summed E-state index contributed by atoms with van der Waals surface area (Å²) >= 11 is 0. The van der Waals surface area contributed by atoms with E-state index in [1.807, 2.05) is 12.1 Å². The summed E-state index contributed by atoms with van der Waals surface area (Å²) in [6, 6.07) is 3.92. The van der Waals surface area contributed by atoms with Crippen molar-refractivity contribution in [3.05, 3.63) is 23.9 Å². The summed E-state index contributed by atoms with van der Waals surface area (Å²) in [5.41, 5.74) is 0.806. The molecule has 2 fully saturated rings. The number of rotatable bonds is 0. The number of nitrogens with zero attached hydrogens (tertiary/aromatic N) is 3. The van der Waals surface area contributed by atoms with Gasteiger partial charge in [0.2, 0.25) is 5.96 Å². The number of hydrogen-bond donors (Lipinski definition) is 1. The van der Waals surface area contributed by atoms with E-state index in [4.69, 9.17) is 0 Å². The second-order valence-corrected chi connectivity index (χ2v) is 4.49. The molecule has 1 aliphatic carbocycles. The summed E-state index contributed by atoms with van der Waals surface area (Å²) in [6.07, 6.45) is 3.60. The van der Waals surface area contributed by atoms with Crippen LogP contribution >= 0.6 is 0 Å². The van der Waals surface area contributed by atoms with Crippen LogP contribution < -0.4 is 5.32 Å². The van der Waals surface area contributed by atoms with Crippen LogP contribution in [0.15, 0.2) is 23.3 Å². The maximum atomic E-state index is 11.8. The Morgan fingerprint density at radius 2 is 2.31 bits per heavy atom. The molecular formula is C11H10N4O. The Morgan fingerprint density at radius 1 is 1.44 bits per heavy atom. The number of aliphatic imine (C=N–C) groups is 1. The van der Waals surface area contributed by atoms with E-state index < -0.39 is 0 Å². The molecule has 5 heteroatoms. The molecule has 0 bridgehead atoms. The molecule has 0 unspecified atom stereocenters. The summed E-state index contributed by atoms with van der Waals surface area (Å²) in [4.78, 5) is 22.5. The largest absolute Gasteiger partial charge is 0.323 e. The van der Waals surface area contributed by atoms with Gasteiger partial charge in [0, 0.05) is 11.8 Å². The molecule has 1 saturated heterocycles. The van der Waals surface area contributed by atoms with Gasteiger partial charge in [-0.05, 0) is 18.9 Å². The fourth-order valence-corrected chi connectivity index (χ4v) is 2.47. The second kappa shape index (κ2) is 2.42. The van der Waals surface area contributed by atoms with Crippen molar-refractivity contribution in [2.24, 2.45) is 4.99 Å². The van der Waals surface area contributed by atoms with Gasteiger partial charge >= 0.3 is 0 Å². The third kappa shape index (κ3) is 0.839. The smallest absolute Gasteiger partial charge is 0.252 e. The van der Waals surface area contributed by atoms with E-state index in [1.54, 1.807) is 6.20 Å². The third-order valence-corrected chi connectivity index (χ3v) is 3.55. The van der Waals surface area contributed by atoms with Crippen LogP contribution in [0.5, 0.6) is 0 Å². The highest BCUT2D eigenvalue weighted by Crippen LogP contribution is 2.47. The molecule has 0 radical (unpaired) electrons. The molecule has 1 N–H and O–H groups in total. The number of guanidine groups is 1. The fraction of sp³-hybridized carbons (Fsp3) is 0.364. The molecule has 2 aliphatic heterocycles. The fourth-order valence-electron chi connectivity index (χ4n) is 2.47. The molecule has 3 heterocycles. The van der Waals surface area contributed by atoms with Crippen molar-refractivity contribution < 1.29 is 4.79 Å². The summed E-state index contributed by atoms with van der Waals surface area (Å²) < 4.78 is 0. The van der Waals surface area contributed by atoms with Gasteiger partial charge in [0.25, 0.3) is 5.91 Å². The van der Waals surface area contributed by atoms with Crippen LogP contribution in [0.3, 0.4) is 0 Å². The first-order valence-corrected chi connectivity index (χ1v) is 5.41. The first kappa shape index (κ1) is 8.27. The van der Waals surface area contributed by atoms with E-state index in [0.717, 1.165) is 30.8 Å². The van der Waals surface area contributed by atoms with Gasteiger partial charge in [-0.1, -0.05) is 6.07 Å². The quantitative estimate of drug-likeness (QED) is 0.686. The van der Waals surface area contributed by atoms with E-state index in [-0.39, 0.29) is 11.4 Å². The average Bonchev–Trinajstić information content (AvgIpc) is 3.04. The van der Waals surface area contributed by atoms with Gasteiger partial charge in [-0.3, -0.25) is 10.1 Å². The van der Waals surface area contributed by atoms with Gasteiger partial charge in [0.15, 0.2) is 5.82 Å². The van der Waals surface area contributed by atoms with Crippen LogP contribution in [-0.2, 0) is 11.3 Å². The molecule has 0 atom stereocenters. The van der Waals surface area contributed by atoms with Gasteiger partial charge in [-0.15, -0.1) is 0 Å². The zero-order valence-corrected chi connectivity index (χ0v) is 8.60. The summed E-state index contributed by atoms with van der Waals surface area (Å²) in [5, 5.41) is 2.85. The third-order valence-electron chi connectivity index (χ3n) is 3.55. The minimum absolute atomic E-state index is 0.0963. The lowest BCUT2D eigenvalue weighted by molar-refractivity contribution is -0.122. The molecule has 5 nitrogen and oxygen atoms in total. The molecule has 80 valence electrons. The number of fused-ring (bicyclic) bond motifs is 3. The minimum atomic E-state index is -0.285. The lowest BCUT2D eigenvalue weighted by Crippen LogP contribution is -2.38. The van der Waals surface area contributed by atoms with Crippen LogP contribution in [0.1, 0.15) is 18.4 Å². The SMILES string of the molecule is O=C1NC2=Nc3ncccc3CN2C12CC2. The normalized spacial score (nSPS) is 23.6. The maximum Gasteiger partial charge on any atom is 0.252 e. The molecule has 3 aliphatic rings. The average molecular weight is 214 g/mol. The first-order valence-electron chi connectivity index (χ1n) is 5.41. The van der Waals surface area contributed by atoms with Crippen molar-refractivity contribution in [3.8, 4) is 0 Å². The molecule has 1 aromatic rings. The molecule has 1 saturated carbocycles. The summed E-state index contributed by atoms with van der Waals surface area (Å²) in [5.74, 6) is 1.50. The number of carbonyl (C=O) groups is 1. The van der Waals surface area contributed by atoms with Crippen molar-refractivity contribution >= 4 is 17.7 Å². The van der Waals surface area contributed by atoms with Crippen molar-refractivity contribution in [1.29, 1.82) is 0 Å². The van der Waals surface area contributed by atoms with E-state index >= 15 is 0 Å². The Balaban J connectivity index is 1.86. The number of amides is 1. The van der Waals surface area contributed by atoms with E-state index in [9.17, 15) is 4.79 Å². The topological polar surface area (TPSA) is 57.6 Å². The van der Waals surface area contributed by atoms with Crippen molar-refractivity contribution in [2.45, 2.75) is 24.9 Å². The molecule has 16 heavy (non-hydrogen) atoms. The second-order valence-electron chi connectivity index (χ2n) is 4.49. The van der Waals surface area contributed by atoms with Crippen LogP contribution in [-0.4, -0.2) is 27.3 Å². The molecule has 1 amide bonds. The van der Waals surface area contributed by atoms with Gasteiger partial charge < -0.3 is 4.90 Å². The van der Waals surface area contributed by atoms with Crippen LogP contribution in [0, 0.1) is 0 Å². The standard InChI is InChI=1S/C11H10N4O/c16-9-11(3-4-11)15-6-7-2-1-5-12-8(7)13-10(15)14-9/h1-2,5H,3-4,6H2,(H,12,13,14,16). The number of pyridine rings is 1. The van der Waals surface area contributed by atoms with E-state index in [1.165, 1.54) is 0 Å².